The number of rotatable bonds is 7. The van der Waals surface area contributed by atoms with Gasteiger partial charge in [-0.3, -0.25) is 0 Å². The second-order valence-corrected chi connectivity index (χ2v) is 4.14. The third-order valence-electron chi connectivity index (χ3n) is 2.61. The van der Waals surface area contributed by atoms with Crippen LogP contribution in [-0.4, -0.2) is 24.9 Å². The summed E-state index contributed by atoms with van der Waals surface area (Å²) in [6.45, 7) is 7.08. The minimum absolute atomic E-state index is 0.178. The Morgan fingerprint density at radius 1 is 1.15 bits per heavy atom. The highest BCUT2D eigenvalue weighted by Gasteiger charge is 2.17. The lowest BCUT2D eigenvalue weighted by Crippen LogP contribution is -2.22. The molecule has 0 aromatic carbocycles. The highest BCUT2D eigenvalue weighted by Crippen LogP contribution is 2.21. The Bertz CT molecular complexity index is 103. The standard InChI is InChI=1S/C11H24O2/c1-9(2)11(10(3)12)7-5-6-8-13-4/h9-12H,5-8H2,1-4H3. The molecule has 0 rings (SSSR count). The van der Waals surface area contributed by atoms with Crippen molar-refractivity contribution in [2.75, 3.05) is 13.7 Å². The van der Waals surface area contributed by atoms with E-state index in [0.29, 0.717) is 11.8 Å². The second kappa shape index (κ2) is 7.34. The van der Waals surface area contributed by atoms with Crippen molar-refractivity contribution >= 4 is 0 Å². The molecule has 1 N–H and O–H groups in total. The molecule has 0 saturated carbocycles. The number of hydrogen-bond donors (Lipinski definition) is 1. The van der Waals surface area contributed by atoms with Gasteiger partial charge in [-0.2, -0.15) is 0 Å². The number of hydrogen-bond acceptors (Lipinski definition) is 2. The van der Waals surface area contributed by atoms with Crippen LogP contribution in [0.3, 0.4) is 0 Å². The average Bonchev–Trinajstić information content (AvgIpc) is 2.02. The van der Waals surface area contributed by atoms with Crippen LogP contribution in [-0.2, 0) is 4.74 Å². The van der Waals surface area contributed by atoms with Gasteiger partial charge in [-0.15, -0.1) is 0 Å². The van der Waals surface area contributed by atoms with Crippen LogP contribution in [0, 0.1) is 11.8 Å². The van der Waals surface area contributed by atoms with Crippen LogP contribution >= 0.6 is 0 Å². The van der Waals surface area contributed by atoms with Crippen LogP contribution in [0.1, 0.15) is 40.0 Å². The summed E-state index contributed by atoms with van der Waals surface area (Å²) in [5.74, 6) is 1.01. The zero-order chi connectivity index (χ0) is 10.3. The summed E-state index contributed by atoms with van der Waals surface area (Å²) in [5, 5.41) is 9.51. The summed E-state index contributed by atoms with van der Waals surface area (Å²) in [7, 11) is 1.73. The highest BCUT2D eigenvalue weighted by molar-refractivity contribution is 4.68. The van der Waals surface area contributed by atoms with Crippen LogP contribution in [0.15, 0.2) is 0 Å². The van der Waals surface area contributed by atoms with Crippen LogP contribution in [0.5, 0.6) is 0 Å². The van der Waals surface area contributed by atoms with Gasteiger partial charge in [0.25, 0.3) is 0 Å². The maximum atomic E-state index is 9.51. The van der Waals surface area contributed by atoms with E-state index in [4.69, 9.17) is 4.74 Å². The first kappa shape index (κ1) is 12.9. The largest absolute Gasteiger partial charge is 0.393 e. The highest BCUT2D eigenvalue weighted by atomic mass is 16.5. The first-order chi connectivity index (χ1) is 6.09. The third kappa shape index (κ3) is 6.05. The van der Waals surface area contributed by atoms with E-state index < -0.39 is 0 Å². The summed E-state index contributed by atoms with van der Waals surface area (Å²) >= 11 is 0. The predicted molar refractivity (Wildman–Crippen MR) is 55.7 cm³/mol. The molecule has 0 heterocycles. The molecular weight excluding hydrogens is 164 g/mol. The molecule has 2 nitrogen and oxygen atoms in total. The molecule has 2 heteroatoms. The summed E-state index contributed by atoms with van der Waals surface area (Å²) in [6.07, 6.45) is 3.19. The van der Waals surface area contributed by atoms with Gasteiger partial charge in [0.05, 0.1) is 6.10 Å². The fraction of sp³-hybridized carbons (Fsp3) is 1.00. The van der Waals surface area contributed by atoms with E-state index in [-0.39, 0.29) is 6.10 Å². The molecule has 0 saturated heterocycles. The fourth-order valence-corrected chi connectivity index (χ4v) is 1.76. The van der Waals surface area contributed by atoms with E-state index in [1.165, 1.54) is 0 Å². The lowest BCUT2D eigenvalue weighted by Gasteiger charge is -2.23. The van der Waals surface area contributed by atoms with Crippen molar-refractivity contribution in [2.45, 2.75) is 46.1 Å². The molecule has 0 aliphatic carbocycles. The summed E-state index contributed by atoms with van der Waals surface area (Å²) in [6, 6.07) is 0. The topological polar surface area (TPSA) is 29.5 Å². The molecule has 0 radical (unpaired) electrons. The first-order valence-electron chi connectivity index (χ1n) is 5.26. The van der Waals surface area contributed by atoms with Crippen molar-refractivity contribution in [1.82, 2.24) is 0 Å². The molecule has 0 bridgehead atoms. The maximum Gasteiger partial charge on any atom is 0.0542 e. The third-order valence-corrected chi connectivity index (χ3v) is 2.61. The summed E-state index contributed by atoms with van der Waals surface area (Å²) in [5.41, 5.74) is 0. The van der Waals surface area contributed by atoms with Crippen LogP contribution in [0.2, 0.25) is 0 Å². The zero-order valence-electron chi connectivity index (χ0n) is 9.42. The van der Waals surface area contributed by atoms with Gasteiger partial charge < -0.3 is 9.84 Å². The van der Waals surface area contributed by atoms with Crippen molar-refractivity contribution in [3.05, 3.63) is 0 Å². The van der Waals surface area contributed by atoms with Crippen LogP contribution in [0.4, 0.5) is 0 Å². The molecule has 0 aliphatic rings. The summed E-state index contributed by atoms with van der Waals surface area (Å²) < 4.78 is 4.98. The molecule has 0 amide bonds. The molecule has 0 aromatic rings. The molecule has 0 spiro atoms. The Hall–Kier alpha value is -0.0800. The van der Waals surface area contributed by atoms with Gasteiger partial charge in [0.1, 0.15) is 0 Å². The lowest BCUT2D eigenvalue weighted by molar-refractivity contribution is 0.0878. The van der Waals surface area contributed by atoms with Crippen molar-refractivity contribution in [3.63, 3.8) is 0 Å². The zero-order valence-corrected chi connectivity index (χ0v) is 9.42. The van der Waals surface area contributed by atoms with Gasteiger partial charge in [0.15, 0.2) is 0 Å². The van der Waals surface area contributed by atoms with Crippen LogP contribution < -0.4 is 0 Å². The minimum atomic E-state index is -0.178. The Kier molecular flexibility index (Phi) is 7.29. The Morgan fingerprint density at radius 2 is 1.77 bits per heavy atom. The lowest BCUT2D eigenvalue weighted by atomic mass is 9.86. The Morgan fingerprint density at radius 3 is 2.15 bits per heavy atom. The van der Waals surface area contributed by atoms with Crippen molar-refractivity contribution in [2.24, 2.45) is 11.8 Å². The average molecular weight is 188 g/mol. The quantitative estimate of drug-likeness (QED) is 0.622. The molecule has 13 heavy (non-hydrogen) atoms. The number of unbranched alkanes of at least 4 members (excludes halogenated alkanes) is 1. The summed E-state index contributed by atoms with van der Waals surface area (Å²) in [4.78, 5) is 0. The van der Waals surface area contributed by atoms with Gasteiger partial charge in [0.2, 0.25) is 0 Å². The van der Waals surface area contributed by atoms with Crippen molar-refractivity contribution in [1.29, 1.82) is 0 Å². The number of aliphatic hydroxyl groups excluding tert-OH is 1. The Balaban J connectivity index is 3.58. The van der Waals surface area contributed by atoms with E-state index >= 15 is 0 Å². The Labute approximate surface area is 82.3 Å². The van der Waals surface area contributed by atoms with E-state index in [0.717, 1.165) is 25.9 Å². The molecule has 0 aliphatic heterocycles. The van der Waals surface area contributed by atoms with E-state index in [2.05, 4.69) is 13.8 Å². The minimum Gasteiger partial charge on any atom is -0.393 e. The smallest absolute Gasteiger partial charge is 0.0542 e. The van der Waals surface area contributed by atoms with Gasteiger partial charge in [-0.1, -0.05) is 20.3 Å². The molecule has 0 fully saturated rings. The first-order valence-corrected chi connectivity index (χ1v) is 5.26. The molecule has 0 aromatic heterocycles. The van der Waals surface area contributed by atoms with Gasteiger partial charge in [-0.25, -0.2) is 0 Å². The van der Waals surface area contributed by atoms with E-state index in [1.807, 2.05) is 6.92 Å². The van der Waals surface area contributed by atoms with Gasteiger partial charge >= 0.3 is 0 Å². The molecular formula is C11H24O2. The normalized spacial score (nSPS) is 16.2. The van der Waals surface area contributed by atoms with E-state index in [9.17, 15) is 5.11 Å². The number of methoxy groups -OCH3 is 1. The second-order valence-electron chi connectivity index (χ2n) is 4.14. The number of ether oxygens (including phenoxy) is 1. The number of aliphatic hydroxyl groups is 1. The monoisotopic (exact) mass is 188 g/mol. The predicted octanol–water partition coefficient (Wildman–Crippen LogP) is 2.46. The van der Waals surface area contributed by atoms with Crippen LogP contribution in [0.25, 0.3) is 0 Å². The van der Waals surface area contributed by atoms with Crippen molar-refractivity contribution < 1.29 is 9.84 Å². The molecule has 80 valence electrons. The van der Waals surface area contributed by atoms with E-state index in [1.54, 1.807) is 7.11 Å². The fourth-order valence-electron chi connectivity index (χ4n) is 1.76. The molecule has 2 atom stereocenters. The van der Waals surface area contributed by atoms with Crippen molar-refractivity contribution in [3.8, 4) is 0 Å². The maximum absolute atomic E-state index is 9.51. The SMILES string of the molecule is COCCCCC(C(C)C)C(C)O. The molecule has 2 unspecified atom stereocenters. The van der Waals surface area contributed by atoms with Gasteiger partial charge in [0, 0.05) is 13.7 Å². The van der Waals surface area contributed by atoms with Gasteiger partial charge in [-0.05, 0) is 31.6 Å².